The lowest BCUT2D eigenvalue weighted by molar-refractivity contribution is 0.270. The average molecular weight is 341 g/mol. The Morgan fingerprint density at radius 3 is 2.74 bits per heavy atom. The number of imidazole rings is 1. The monoisotopic (exact) mass is 341 g/mol. The lowest BCUT2D eigenvalue weighted by atomic mass is 10.2. The molecule has 0 aliphatic carbocycles. The molecule has 0 atom stereocenters. The van der Waals surface area contributed by atoms with Crippen molar-refractivity contribution < 1.29 is 5.11 Å². The number of aliphatic hydroxyl groups is 1. The van der Waals surface area contributed by atoms with E-state index in [4.69, 9.17) is 5.26 Å². The molecular weight excluding hydrogens is 326 g/mol. The highest BCUT2D eigenvalue weighted by atomic mass is 32.2. The van der Waals surface area contributed by atoms with Crippen molar-refractivity contribution in [2.45, 2.75) is 24.1 Å². The smallest absolute Gasteiger partial charge is 0.168 e. The fraction of sp³-hybridized carbons (Fsp3) is 0.176. The van der Waals surface area contributed by atoms with E-state index in [1.54, 1.807) is 29.3 Å². The first kappa shape index (κ1) is 15.8. The summed E-state index contributed by atoms with van der Waals surface area (Å²) in [4.78, 5) is 5.67. The highest BCUT2D eigenvalue weighted by Gasteiger charge is 2.11. The van der Waals surface area contributed by atoms with Gasteiger partial charge in [-0.25, -0.2) is 4.98 Å². The maximum atomic E-state index is 9.51. The second-order valence-electron chi connectivity index (χ2n) is 4.95. The van der Waals surface area contributed by atoms with Crippen LogP contribution in [0.15, 0.2) is 53.1 Å². The molecule has 0 spiro atoms. The first-order valence-electron chi connectivity index (χ1n) is 7.09. The quantitative estimate of drug-likeness (QED) is 0.695. The van der Waals surface area contributed by atoms with Gasteiger partial charge in [0.1, 0.15) is 0 Å². The molecule has 3 rings (SSSR count). The summed E-state index contributed by atoms with van der Waals surface area (Å²) in [6.45, 7) is 0.707. The number of thioether (sulfide) groups is 1. The van der Waals surface area contributed by atoms with Crippen molar-refractivity contribution in [3.8, 4) is 6.07 Å². The van der Waals surface area contributed by atoms with Gasteiger partial charge in [-0.05, 0) is 29.1 Å². The number of nitrogens with zero attached hydrogens (tertiary/aromatic N) is 3. The Balaban J connectivity index is 1.74. The van der Waals surface area contributed by atoms with Crippen molar-refractivity contribution in [2.24, 2.45) is 0 Å². The van der Waals surface area contributed by atoms with Crippen LogP contribution >= 0.6 is 23.1 Å². The highest BCUT2D eigenvalue weighted by molar-refractivity contribution is 7.98. The molecule has 0 bridgehead atoms. The normalized spacial score (nSPS) is 10.6. The zero-order chi connectivity index (χ0) is 16.1. The van der Waals surface area contributed by atoms with Gasteiger partial charge < -0.3 is 9.67 Å². The number of hydrogen-bond donors (Lipinski definition) is 1. The minimum Gasteiger partial charge on any atom is -0.390 e. The summed E-state index contributed by atoms with van der Waals surface area (Å²) >= 11 is 3.33. The van der Waals surface area contributed by atoms with Crippen LogP contribution in [0, 0.1) is 11.3 Å². The summed E-state index contributed by atoms with van der Waals surface area (Å²) in [7, 11) is 0. The lowest BCUT2D eigenvalue weighted by Gasteiger charge is -2.09. The summed E-state index contributed by atoms with van der Waals surface area (Å²) in [6, 6.07) is 13.8. The zero-order valence-electron chi connectivity index (χ0n) is 12.3. The molecule has 3 aromatic rings. The Morgan fingerprint density at radius 1 is 1.26 bits per heavy atom. The summed E-state index contributed by atoms with van der Waals surface area (Å²) in [5, 5.41) is 21.3. The Morgan fingerprint density at radius 2 is 2.09 bits per heavy atom. The molecule has 6 heteroatoms. The van der Waals surface area contributed by atoms with Crippen molar-refractivity contribution >= 4 is 23.1 Å². The van der Waals surface area contributed by atoms with Crippen molar-refractivity contribution in [3.63, 3.8) is 0 Å². The van der Waals surface area contributed by atoms with Gasteiger partial charge in [0.15, 0.2) is 5.16 Å². The van der Waals surface area contributed by atoms with Gasteiger partial charge in [0.05, 0.1) is 36.7 Å². The SMILES string of the molecule is N#Cc1ccc(CSc2ncc(CO)n2Cc2cccs2)cc1. The second-order valence-corrected chi connectivity index (χ2v) is 6.93. The number of nitriles is 1. The number of hydrogen-bond acceptors (Lipinski definition) is 5. The van der Waals surface area contributed by atoms with Crippen LogP contribution in [0.2, 0.25) is 0 Å². The molecule has 0 aliphatic rings. The summed E-state index contributed by atoms with van der Waals surface area (Å²) in [5.74, 6) is 0.776. The van der Waals surface area contributed by atoms with E-state index in [0.29, 0.717) is 5.56 Å². The molecule has 1 N–H and O–H groups in total. The van der Waals surface area contributed by atoms with E-state index in [-0.39, 0.29) is 6.61 Å². The predicted molar refractivity (Wildman–Crippen MR) is 92.3 cm³/mol. The van der Waals surface area contributed by atoms with E-state index in [9.17, 15) is 5.11 Å². The van der Waals surface area contributed by atoms with Crippen LogP contribution < -0.4 is 0 Å². The molecular formula is C17H15N3OS2. The number of benzene rings is 1. The van der Waals surface area contributed by atoms with E-state index in [2.05, 4.69) is 27.1 Å². The van der Waals surface area contributed by atoms with Gasteiger partial charge in [0.2, 0.25) is 0 Å². The Labute approximate surface area is 143 Å². The van der Waals surface area contributed by atoms with E-state index >= 15 is 0 Å². The third-order valence-electron chi connectivity index (χ3n) is 3.41. The summed E-state index contributed by atoms with van der Waals surface area (Å²) < 4.78 is 2.06. The van der Waals surface area contributed by atoms with Crippen molar-refractivity contribution in [1.82, 2.24) is 9.55 Å². The minimum absolute atomic E-state index is 0.0181. The second kappa shape index (κ2) is 7.47. The van der Waals surface area contributed by atoms with Gasteiger partial charge in [-0.2, -0.15) is 5.26 Å². The van der Waals surface area contributed by atoms with Crippen LogP contribution in [0.5, 0.6) is 0 Å². The Bertz CT molecular complexity index is 801. The molecule has 2 aromatic heterocycles. The summed E-state index contributed by atoms with van der Waals surface area (Å²) in [6.07, 6.45) is 1.73. The number of rotatable bonds is 6. The molecule has 0 unspecified atom stereocenters. The lowest BCUT2D eigenvalue weighted by Crippen LogP contribution is -2.05. The third-order valence-corrected chi connectivity index (χ3v) is 5.33. The van der Waals surface area contributed by atoms with E-state index in [1.165, 1.54) is 4.88 Å². The number of thiophene rings is 1. The molecule has 1 aromatic carbocycles. The van der Waals surface area contributed by atoms with E-state index in [0.717, 1.165) is 28.7 Å². The van der Waals surface area contributed by atoms with Crippen LogP contribution in [0.4, 0.5) is 0 Å². The van der Waals surface area contributed by atoms with E-state index < -0.39 is 0 Å². The molecule has 0 aliphatic heterocycles. The van der Waals surface area contributed by atoms with Crippen LogP contribution in [-0.2, 0) is 18.9 Å². The van der Waals surface area contributed by atoms with Crippen LogP contribution in [-0.4, -0.2) is 14.7 Å². The fourth-order valence-corrected chi connectivity index (χ4v) is 3.83. The molecule has 0 fully saturated rings. The van der Waals surface area contributed by atoms with Gasteiger partial charge in [0.25, 0.3) is 0 Å². The summed E-state index contributed by atoms with van der Waals surface area (Å²) in [5.41, 5.74) is 2.63. The standard InChI is InChI=1S/C17H15N3OS2/c18-8-13-3-5-14(6-4-13)12-23-17-19-9-15(11-21)20(17)10-16-2-1-7-22-16/h1-7,9,21H,10-12H2. The molecule has 0 saturated heterocycles. The number of aliphatic hydroxyl groups excluding tert-OH is 1. The topological polar surface area (TPSA) is 61.8 Å². The average Bonchev–Trinajstić information content (AvgIpc) is 3.24. The molecule has 2 heterocycles. The van der Waals surface area contributed by atoms with Gasteiger partial charge in [-0.1, -0.05) is 30.0 Å². The van der Waals surface area contributed by atoms with E-state index in [1.807, 2.05) is 30.3 Å². The molecule has 4 nitrogen and oxygen atoms in total. The molecule has 116 valence electrons. The third kappa shape index (κ3) is 3.82. The molecule has 0 amide bonds. The van der Waals surface area contributed by atoms with Crippen LogP contribution in [0.1, 0.15) is 21.7 Å². The van der Waals surface area contributed by atoms with Crippen molar-refractivity contribution in [3.05, 3.63) is 69.7 Å². The minimum atomic E-state index is -0.0181. The van der Waals surface area contributed by atoms with Crippen molar-refractivity contribution in [2.75, 3.05) is 0 Å². The van der Waals surface area contributed by atoms with Gasteiger partial charge >= 0.3 is 0 Å². The Hall–Kier alpha value is -2.07. The predicted octanol–water partition coefficient (Wildman–Crippen LogP) is 3.65. The molecule has 23 heavy (non-hydrogen) atoms. The first-order chi connectivity index (χ1) is 11.3. The van der Waals surface area contributed by atoms with Crippen molar-refractivity contribution in [1.29, 1.82) is 5.26 Å². The van der Waals surface area contributed by atoms with Crippen LogP contribution in [0.25, 0.3) is 0 Å². The van der Waals surface area contributed by atoms with Crippen LogP contribution in [0.3, 0.4) is 0 Å². The maximum absolute atomic E-state index is 9.51. The van der Waals surface area contributed by atoms with Gasteiger partial charge in [-0.15, -0.1) is 11.3 Å². The Kier molecular flexibility index (Phi) is 5.13. The molecule has 0 saturated carbocycles. The zero-order valence-corrected chi connectivity index (χ0v) is 14.0. The first-order valence-corrected chi connectivity index (χ1v) is 8.96. The molecule has 0 radical (unpaired) electrons. The fourth-order valence-electron chi connectivity index (χ4n) is 2.18. The van der Waals surface area contributed by atoms with Gasteiger partial charge in [-0.3, -0.25) is 0 Å². The van der Waals surface area contributed by atoms with Gasteiger partial charge in [0, 0.05) is 10.6 Å². The largest absolute Gasteiger partial charge is 0.390 e. The maximum Gasteiger partial charge on any atom is 0.168 e. The number of aromatic nitrogens is 2. The highest BCUT2D eigenvalue weighted by Crippen LogP contribution is 2.25.